The highest BCUT2D eigenvalue weighted by Gasteiger charge is 2.18. The van der Waals surface area contributed by atoms with E-state index in [0.29, 0.717) is 11.4 Å². The molecule has 22 heavy (non-hydrogen) atoms. The van der Waals surface area contributed by atoms with Crippen LogP contribution in [0.15, 0.2) is 47.5 Å². The molecule has 0 aliphatic rings. The number of aliphatic hydroxyl groups is 1. The summed E-state index contributed by atoms with van der Waals surface area (Å²) in [4.78, 5) is 4.00. The highest BCUT2D eigenvalue weighted by Crippen LogP contribution is 2.18. The molecule has 1 aromatic heterocycles. The molecule has 0 saturated heterocycles. The number of benzene rings is 1. The predicted octanol–water partition coefficient (Wildman–Crippen LogP) is 1.84. The summed E-state index contributed by atoms with van der Waals surface area (Å²) in [5, 5.41) is 9.97. The number of nitrogens with zero attached hydrogens (tertiary/aromatic N) is 1. The standard InChI is InChI=1S/C15H17NO5S/c1-11-3-6-13(7-4-11)22(18,19)21-10-14(17)12-5-8-15(20-2)16-9-12/h3-9,14,17H,10H2,1-2H3/t14-/m0/s1. The number of methoxy groups -OCH3 is 1. The second kappa shape index (κ2) is 6.87. The minimum Gasteiger partial charge on any atom is -0.481 e. The van der Waals surface area contributed by atoms with Gasteiger partial charge in [0, 0.05) is 17.8 Å². The van der Waals surface area contributed by atoms with Crippen LogP contribution in [-0.4, -0.2) is 32.2 Å². The van der Waals surface area contributed by atoms with E-state index in [9.17, 15) is 13.5 Å². The molecule has 0 fully saturated rings. The van der Waals surface area contributed by atoms with Gasteiger partial charge < -0.3 is 9.84 Å². The van der Waals surface area contributed by atoms with Crippen LogP contribution in [0.5, 0.6) is 5.88 Å². The summed E-state index contributed by atoms with van der Waals surface area (Å²) in [7, 11) is -2.42. The minimum absolute atomic E-state index is 0.0538. The maximum atomic E-state index is 12.0. The molecule has 118 valence electrons. The number of aryl methyl sites for hydroxylation is 1. The van der Waals surface area contributed by atoms with Crippen LogP contribution in [0.2, 0.25) is 0 Å². The smallest absolute Gasteiger partial charge is 0.297 e. The van der Waals surface area contributed by atoms with Crippen molar-refractivity contribution in [1.29, 1.82) is 0 Å². The van der Waals surface area contributed by atoms with E-state index in [-0.39, 0.29) is 11.5 Å². The van der Waals surface area contributed by atoms with Crippen molar-refractivity contribution < 1.29 is 22.4 Å². The third-order valence-corrected chi connectivity index (χ3v) is 4.34. The van der Waals surface area contributed by atoms with Crippen molar-refractivity contribution in [1.82, 2.24) is 4.98 Å². The Morgan fingerprint density at radius 3 is 2.41 bits per heavy atom. The highest BCUT2D eigenvalue weighted by atomic mass is 32.2. The molecular formula is C15H17NO5S. The summed E-state index contributed by atoms with van der Waals surface area (Å²) >= 11 is 0. The molecule has 1 heterocycles. The van der Waals surface area contributed by atoms with Crippen molar-refractivity contribution in [2.24, 2.45) is 0 Å². The van der Waals surface area contributed by atoms with Crippen molar-refractivity contribution in [2.75, 3.05) is 13.7 Å². The first-order chi connectivity index (χ1) is 10.4. The predicted molar refractivity (Wildman–Crippen MR) is 80.1 cm³/mol. The lowest BCUT2D eigenvalue weighted by atomic mass is 10.2. The Morgan fingerprint density at radius 1 is 1.18 bits per heavy atom. The largest absolute Gasteiger partial charge is 0.481 e. The quantitative estimate of drug-likeness (QED) is 0.816. The van der Waals surface area contributed by atoms with Crippen molar-refractivity contribution in [3.63, 3.8) is 0 Å². The summed E-state index contributed by atoms with van der Waals surface area (Å²) in [5.41, 5.74) is 1.39. The molecule has 0 spiro atoms. The van der Waals surface area contributed by atoms with Gasteiger partial charge in [0.1, 0.15) is 6.10 Å². The third kappa shape index (κ3) is 4.03. The van der Waals surface area contributed by atoms with Crippen LogP contribution in [0.1, 0.15) is 17.2 Å². The fraction of sp³-hybridized carbons (Fsp3) is 0.267. The molecule has 7 heteroatoms. The Bertz CT molecular complexity index is 711. The number of hydrogen-bond donors (Lipinski definition) is 1. The maximum Gasteiger partial charge on any atom is 0.297 e. The first-order valence-corrected chi connectivity index (χ1v) is 7.97. The Morgan fingerprint density at radius 2 is 1.86 bits per heavy atom. The van der Waals surface area contributed by atoms with Crippen LogP contribution in [0.3, 0.4) is 0 Å². The lowest BCUT2D eigenvalue weighted by Gasteiger charge is -2.12. The van der Waals surface area contributed by atoms with Gasteiger partial charge in [0.05, 0.1) is 18.6 Å². The molecule has 0 aliphatic carbocycles. The summed E-state index contributed by atoms with van der Waals surface area (Å²) in [6.07, 6.45) is 0.310. The molecular weight excluding hydrogens is 306 g/mol. The normalized spacial score (nSPS) is 12.9. The van der Waals surface area contributed by atoms with E-state index in [1.165, 1.54) is 25.4 Å². The van der Waals surface area contributed by atoms with Crippen molar-refractivity contribution in [3.05, 3.63) is 53.7 Å². The van der Waals surface area contributed by atoms with E-state index < -0.39 is 16.2 Å². The third-order valence-electron chi connectivity index (χ3n) is 3.04. The molecule has 2 aromatic rings. The molecule has 2 rings (SSSR count). The minimum atomic E-state index is -3.90. The first kappa shape index (κ1) is 16.4. The first-order valence-electron chi connectivity index (χ1n) is 6.56. The van der Waals surface area contributed by atoms with Crippen LogP contribution in [0.4, 0.5) is 0 Å². The average Bonchev–Trinajstić information content (AvgIpc) is 2.53. The van der Waals surface area contributed by atoms with Gasteiger partial charge >= 0.3 is 0 Å². The molecule has 1 N–H and O–H groups in total. The molecule has 0 amide bonds. The van der Waals surface area contributed by atoms with Gasteiger partial charge in [-0.25, -0.2) is 4.98 Å². The zero-order valence-electron chi connectivity index (χ0n) is 12.3. The van der Waals surface area contributed by atoms with Crippen molar-refractivity contribution in [3.8, 4) is 5.88 Å². The van der Waals surface area contributed by atoms with Gasteiger partial charge in [-0.15, -0.1) is 0 Å². The number of ether oxygens (including phenoxy) is 1. The Kier molecular flexibility index (Phi) is 5.12. The number of aliphatic hydroxyl groups excluding tert-OH is 1. The van der Waals surface area contributed by atoms with Gasteiger partial charge in [0.2, 0.25) is 5.88 Å². The topological polar surface area (TPSA) is 85.7 Å². The van der Waals surface area contributed by atoms with Crippen LogP contribution in [-0.2, 0) is 14.3 Å². The van der Waals surface area contributed by atoms with E-state index in [0.717, 1.165) is 5.56 Å². The maximum absolute atomic E-state index is 12.0. The molecule has 1 atom stereocenters. The van der Waals surface area contributed by atoms with Crippen LogP contribution in [0, 0.1) is 6.92 Å². The van der Waals surface area contributed by atoms with Crippen LogP contribution in [0.25, 0.3) is 0 Å². The van der Waals surface area contributed by atoms with Crippen LogP contribution < -0.4 is 4.74 Å². The van der Waals surface area contributed by atoms with E-state index in [4.69, 9.17) is 8.92 Å². The SMILES string of the molecule is COc1ccc([C@@H](O)COS(=O)(=O)c2ccc(C)cc2)cn1. The number of hydrogen-bond acceptors (Lipinski definition) is 6. The lowest BCUT2D eigenvalue weighted by Crippen LogP contribution is -2.13. The van der Waals surface area contributed by atoms with E-state index in [1.807, 2.05) is 6.92 Å². The Balaban J connectivity index is 2.02. The molecule has 0 saturated carbocycles. The van der Waals surface area contributed by atoms with E-state index >= 15 is 0 Å². The molecule has 0 unspecified atom stereocenters. The Labute approximate surface area is 129 Å². The molecule has 0 bridgehead atoms. The fourth-order valence-corrected chi connectivity index (χ4v) is 2.65. The van der Waals surface area contributed by atoms with Gasteiger partial charge in [0.25, 0.3) is 10.1 Å². The van der Waals surface area contributed by atoms with Crippen LogP contribution >= 0.6 is 0 Å². The lowest BCUT2D eigenvalue weighted by molar-refractivity contribution is 0.111. The molecule has 0 radical (unpaired) electrons. The monoisotopic (exact) mass is 323 g/mol. The van der Waals surface area contributed by atoms with Gasteiger partial charge in [-0.05, 0) is 25.1 Å². The summed E-state index contributed by atoms with van der Waals surface area (Å²) in [5.74, 6) is 0.407. The van der Waals surface area contributed by atoms with E-state index in [2.05, 4.69) is 4.98 Å². The van der Waals surface area contributed by atoms with Crippen molar-refractivity contribution in [2.45, 2.75) is 17.9 Å². The van der Waals surface area contributed by atoms with E-state index in [1.54, 1.807) is 24.3 Å². The van der Waals surface area contributed by atoms with Crippen molar-refractivity contribution >= 4 is 10.1 Å². The highest BCUT2D eigenvalue weighted by molar-refractivity contribution is 7.86. The van der Waals surface area contributed by atoms with Gasteiger partial charge in [-0.2, -0.15) is 8.42 Å². The van der Waals surface area contributed by atoms with Gasteiger partial charge in [0.15, 0.2) is 0 Å². The summed E-state index contributed by atoms with van der Waals surface area (Å²) in [6, 6.07) is 9.46. The second-order valence-corrected chi connectivity index (χ2v) is 6.32. The second-order valence-electron chi connectivity index (χ2n) is 4.70. The molecule has 1 aromatic carbocycles. The average molecular weight is 323 g/mol. The number of aromatic nitrogens is 1. The summed E-state index contributed by atoms with van der Waals surface area (Å²) in [6.45, 7) is 1.47. The summed E-state index contributed by atoms with van der Waals surface area (Å²) < 4.78 is 33.8. The zero-order valence-corrected chi connectivity index (χ0v) is 13.1. The molecule has 0 aliphatic heterocycles. The number of pyridine rings is 1. The number of rotatable bonds is 6. The fourth-order valence-electron chi connectivity index (χ4n) is 1.73. The van der Waals surface area contributed by atoms with Gasteiger partial charge in [-0.3, -0.25) is 4.18 Å². The zero-order chi connectivity index (χ0) is 16.2. The van der Waals surface area contributed by atoms with Gasteiger partial charge in [-0.1, -0.05) is 17.7 Å². The Hall–Kier alpha value is -1.96. The molecule has 6 nitrogen and oxygen atoms in total.